The predicted octanol–water partition coefficient (Wildman–Crippen LogP) is 4.97. The van der Waals surface area contributed by atoms with E-state index in [9.17, 15) is 0 Å². The maximum absolute atomic E-state index is 6.30. The van der Waals surface area contributed by atoms with E-state index in [0.29, 0.717) is 13.2 Å². The van der Waals surface area contributed by atoms with Gasteiger partial charge >= 0.3 is 0 Å². The van der Waals surface area contributed by atoms with E-state index < -0.39 is 0 Å². The summed E-state index contributed by atoms with van der Waals surface area (Å²) in [5.74, 6) is 1.87. The van der Waals surface area contributed by atoms with E-state index in [1.54, 1.807) is 0 Å². The molecule has 0 spiro atoms. The van der Waals surface area contributed by atoms with Gasteiger partial charge in [0.25, 0.3) is 0 Å². The largest absolute Gasteiger partial charge is 0.490 e. The van der Waals surface area contributed by atoms with Crippen molar-refractivity contribution in [2.24, 2.45) is 0 Å². The molecule has 0 aromatic heterocycles. The third kappa shape index (κ3) is 5.97. The van der Waals surface area contributed by atoms with Crippen LogP contribution in [-0.4, -0.2) is 51.3 Å². The average Bonchev–Trinajstić information content (AvgIpc) is 3.67. The van der Waals surface area contributed by atoms with E-state index in [2.05, 4.69) is 57.3 Å². The van der Waals surface area contributed by atoms with Gasteiger partial charge in [-0.05, 0) is 46.7 Å². The van der Waals surface area contributed by atoms with Gasteiger partial charge < -0.3 is 23.7 Å². The van der Waals surface area contributed by atoms with E-state index in [4.69, 9.17) is 23.7 Å². The van der Waals surface area contributed by atoms with Crippen LogP contribution in [0.2, 0.25) is 0 Å². The number of benzene rings is 2. The van der Waals surface area contributed by atoms with Gasteiger partial charge in [-0.1, -0.05) is 50.3 Å². The Bertz CT molecular complexity index is 1080. The molecule has 5 nitrogen and oxygen atoms in total. The van der Waals surface area contributed by atoms with Crippen molar-refractivity contribution >= 4 is 0 Å². The maximum atomic E-state index is 6.30. The maximum Gasteiger partial charge on any atom is 0.126 e. The number of hydrogen-bond donors (Lipinski definition) is 0. The van der Waals surface area contributed by atoms with Crippen LogP contribution in [0.15, 0.2) is 55.6 Å². The summed E-state index contributed by atoms with van der Waals surface area (Å²) in [5, 5.41) is 0. The fourth-order valence-corrected chi connectivity index (χ4v) is 4.47. The van der Waals surface area contributed by atoms with Gasteiger partial charge in [0.2, 0.25) is 0 Å². The molecule has 2 aromatic rings. The van der Waals surface area contributed by atoms with E-state index in [1.807, 2.05) is 12.2 Å². The van der Waals surface area contributed by atoms with Crippen molar-refractivity contribution in [1.29, 1.82) is 0 Å². The Hall–Kier alpha value is -2.60. The van der Waals surface area contributed by atoms with Gasteiger partial charge in [-0.3, -0.25) is 0 Å². The van der Waals surface area contributed by atoms with Crippen LogP contribution < -0.4 is 9.47 Å². The van der Waals surface area contributed by atoms with Crippen molar-refractivity contribution in [2.75, 3.05) is 33.0 Å². The molecule has 0 bridgehead atoms. The van der Waals surface area contributed by atoms with Gasteiger partial charge in [-0.2, -0.15) is 0 Å². The highest BCUT2D eigenvalue weighted by Gasteiger charge is 2.31. The average molecular weight is 477 g/mol. The Labute approximate surface area is 208 Å². The van der Waals surface area contributed by atoms with Gasteiger partial charge in [-0.25, -0.2) is 0 Å². The normalized spacial score (nSPS) is 22.4. The highest BCUT2D eigenvalue weighted by molar-refractivity contribution is 5.52. The molecule has 3 heterocycles. The Morgan fingerprint density at radius 3 is 2.00 bits per heavy atom. The molecule has 3 aliphatic rings. The fourth-order valence-electron chi connectivity index (χ4n) is 4.47. The zero-order chi connectivity index (χ0) is 24.4. The summed E-state index contributed by atoms with van der Waals surface area (Å²) < 4.78 is 28.6. The van der Waals surface area contributed by atoms with Gasteiger partial charge in [0.15, 0.2) is 0 Å². The molecule has 3 aliphatic heterocycles. The molecule has 3 unspecified atom stereocenters. The minimum Gasteiger partial charge on any atom is -0.490 e. The van der Waals surface area contributed by atoms with Gasteiger partial charge in [0, 0.05) is 11.8 Å². The minimum atomic E-state index is -0.221. The molecule has 35 heavy (non-hydrogen) atoms. The first kappa shape index (κ1) is 24.1. The van der Waals surface area contributed by atoms with Crippen molar-refractivity contribution in [3.8, 4) is 11.5 Å². The summed E-state index contributed by atoms with van der Waals surface area (Å²) in [5.41, 5.74) is 5.78. The first-order chi connectivity index (χ1) is 17.0. The number of allylic oxidation sites excluding steroid dienone is 2. The molecular weight excluding hydrogens is 440 g/mol. The van der Waals surface area contributed by atoms with Gasteiger partial charge in [-0.15, -0.1) is 13.2 Å². The molecule has 5 heteroatoms. The molecule has 3 atom stereocenters. The second kappa shape index (κ2) is 10.2. The molecule has 0 amide bonds. The topological polar surface area (TPSA) is 56.0 Å². The van der Waals surface area contributed by atoms with Gasteiger partial charge in [0.05, 0.1) is 25.9 Å². The van der Waals surface area contributed by atoms with Crippen molar-refractivity contribution in [2.45, 2.75) is 56.8 Å². The molecule has 0 aliphatic carbocycles. The summed E-state index contributed by atoms with van der Waals surface area (Å²) >= 11 is 0. The summed E-state index contributed by atoms with van der Waals surface area (Å²) in [6.45, 7) is 16.1. The zero-order valence-corrected chi connectivity index (χ0v) is 20.9. The van der Waals surface area contributed by atoms with Crippen LogP contribution in [0, 0.1) is 0 Å². The molecule has 3 fully saturated rings. The van der Waals surface area contributed by atoms with E-state index in [1.165, 1.54) is 16.7 Å². The minimum absolute atomic E-state index is 0.211. The summed E-state index contributed by atoms with van der Waals surface area (Å²) in [6, 6.07) is 11.1. The zero-order valence-electron chi connectivity index (χ0n) is 20.9. The number of hydrogen-bond acceptors (Lipinski definition) is 5. The van der Waals surface area contributed by atoms with Crippen LogP contribution in [0.25, 0.3) is 0 Å². The summed E-state index contributed by atoms with van der Waals surface area (Å²) in [7, 11) is 0. The predicted molar refractivity (Wildman–Crippen MR) is 137 cm³/mol. The highest BCUT2D eigenvalue weighted by Crippen LogP contribution is 2.39. The van der Waals surface area contributed by atoms with Crippen LogP contribution in [0.3, 0.4) is 0 Å². The standard InChI is InChI=1S/C30H36O5/c1-5-7-20-11-23(9-10-28(20)34-18-26-16-32-26)30(3,4)24-12-21(8-6-2)29(35-19-27-17-33-27)22(13-24)14-25-15-31-25/h5-6,9-13,25-27H,1-2,7-8,14-19H2,3-4H3. The Kier molecular flexibility index (Phi) is 7.01. The lowest BCUT2D eigenvalue weighted by Gasteiger charge is -2.29. The number of epoxide rings is 3. The molecular formula is C30H36O5. The summed E-state index contributed by atoms with van der Waals surface area (Å²) in [6.07, 6.45) is 6.95. The Morgan fingerprint density at radius 1 is 0.800 bits per heavy atom. The lowest BCUT2D eigenvalue weighted by atomic mass is 9.76. The van der Waals surface area contributed by atoms with Crippen molar-refractivity contribution in [3.63, 3.8) is 0 Å². The molecule has 3 saturated heterocycles. The third-order valence-electron chi connectivity index (χ3n) is 6.97. The van der Waals surface area contributed by atoms with E-state index in [-0.39, 0.29) is 23.7 Å². The molecule has 0 radical (unpaired) electrons. The fraction of sp³-hybridized carbons (Fsp3) is 0.467. The van der Waals surface area contributed by atoms with Crippen molar-refractivity contribution < 1.29 is 23.7 Å². The molecule has 5 rings (SSSR count). The number of rotatable bonds is 14. The number of ether oxygens (including phenoxy) is 5. The first-order valence-electron chi connectivity index (χ1n) is 12.6. The lowest BCUT2D eigenvalue weighted by Crippen LogP contribution is -2.21. The van der Waals surface area contributed by atoms with Crippen LogP contribution in [0.5, 0.6) is 11.5 Å². The van der Waals surface area contributed by atoms with Crippen molar-refractivity contribution in [1.82, 2.24) is 0 Å². The van der Waals surface area contributed by atoms with Gasteiger partial charge in [0.1, 0.15) is 36.9 Å². The smallest absolute Gasteiger partial charge is 0.126 e. The Balaban J connectivity index is 1.48. The van der Waals surface area contributed by atoms with Crippen LogP contribution in [-0.2, 0) is 38.9 Å². The van der Waals surface area contributed by atoms with Crippen LogP contribution >= 0.6 is 0 Å². The van der Waals surface area contributed by atoms with E-state index in [0.717, 1.165) is 61.7 Å². The lowest BCUT2D eigenvalue weighted by molar-refractivity contribution is 0.258. The molecule has 2 aromatic carbocycles. The second-order valence-electron chi connectivity index (χ2n) is 10.2. The quantitative estimate of drug-likeness (QED) is 0.285. The van der Waals surface area contributed by atoms with E-state index >= 15 is 0 Å². The third-order valence-corrected chi connectivity index (χ3v) is 6.97. The molecule has 0 saturated carbocycles. The highest BCUT2D eigenvalue weighted by atomic mass is 16.6. The first-order valence-corrected chi connectivity index (χ1v) is 12.6. The Morgan fingerprint density at radius 2 is 1.37 bits per heavy atom. The SMILES string of the molecule is C=CCc1cc(C(C)(C)c2cc(CC=C)c(OCC3CO3)c(CC3CO3)c2)ccc1OCC1CO1. The van der Waals surface area contributed by atoms with Crippen LogP contribution in [0.4, 0.5) is 0 Å². The molecule has 0 N–H and O–H groups in total. The van der Waals surface area contributed by atoms with Crippen molar-refractivity contribution in [3.05, 3.63) is 83.5 Å². The summed E-state index contributed by atoms with van der Waals surface area (Å²) in [4.78, 5) is 0. The van der Waals surface area contributed by atoms with Crippen LogP contribution in [0.1, 0.15) is 41.7 Å². The second-order valence-corrected chi connectivity index (χ2v) is 10.2. The molecule has 186 valence electrons. The monoisotopic (exact) mass is 476 g/mol.